The van der Waals surface area contributed by atoms with Crippen LogP contribution in [0, 0.1) is 6.92 Å². The van der Waals surface area contributed by atoms with E-state index in [0.29, 0.717) is 0 Å². The van der Waals surface area contributed by atoms with Gasteiger partial charge in [-0.1, -0.05) is 40.6 Å². The Kier molecular flexibility index (Phi) is 6.28. The van der Waals surface area contributed by atoms with Crippen molar-refractivity contribution >= 4 is 55.0 Å². The smallest absolute Gasteiger partial charge is 0.297 e. The predicted molar refractivity (Wildman–Crippen MR) is 98.9 cm³/mol. The van der Waals surface area contributed by atoms with Crippen LogP contribution in [0.5, 0.6) is 0 Å². The summed E-state index contributed by atoms with van der Waals surface area (Å²) in [5.74, 6) is 0. The first-order valence-corrected chi connectivity index (χ1v) is 10.7. The van der Waals surface area contributed by atoms with E-state index in [0.717, 1.165) is 10.6 Å². The summed E-state index contributed by atoms with van der Waals surface area (Å²) >= 11 is 9.49. The van der Waals surface area contributed by atoms with Gasteiger partial charge >= 0.3 is 0 Å². The Bertz CT molecular complexity index is 951. The first kappa shape index (κ1) is 19.2. The van der Waals surface area contributed by atoms with Crippen molar-refractivity contribution in [1.82, 2.24) is 0 Å². The van der Waals surface area contributed by atoms with E-state index in [1.54, 1.807) is 35.2 Å². The fourth-order valence-corrected chi connectivity index (χ4v) is 4.45. The molecule has 0 atom stereocenters. The van der Waals surface area contributed by atoms with Crippen LogP contribution in [0.3, 0.4) is 0 Å². The average Bonchev–Trinajstić information content (AvgIpc) is 2.83. The van der Waals surface area contributed by atoms with E-state index in [2.05, 4.69) is 23.9 Å². The second-order valence-corrected chi connectivity index (χ2v) is 8.91. The molecule has 24 heavy (non-hydrogen) atoms. The van der Waals surface area contributed by atoms with Gasteiger partial charge in [0.05, 0.1) is 4.90 Å². The number of thiazole rings is 1. The minimum atomic E-state index is -4.27. The van der Waals surface area contributed by atoms with E-state index in [1.165, 1.54) is 26.7 Å². The van der Waals surface area contributed by atoms with Gasteiger partial charge in [0.25, 0.3) is 4.34 Å². The summed E-state index contributed by atoms with van der Waals surface area (Å²) in [6, 6.07) is 11.8. The van der Waals surface area contributed by atoms with Crippen LogP contribution in [0.25, 0.3) is 10.2 Å². The van der Waals surface area contributed by atoms with Crippen molar-refractivity contribution in [3.63, 3.8) is 0 Å². The zero-order valence-electron chi connectivity index (χ0n) is 13.3. The molecule has 8 heteroatoms. The number of thioether (sulfide) groups is 1. The number of aryl methyl sites for hydroxylation is 2. The quantitative estimate of drug-likeness (QED) is 0.370. The third-order valence-corrected chi connectivity index (χ3v) is 6.71. The van der Waals surface area contributed by atoms with Gasteiger partial charge in [0.2, 0.25) is 5.52 Å². The fraction of sp³-hybridized carbons (Fsp3) is 0.188. The van der Waals surface area contributed by atoms with Gasteiger partial charge in [-0.25, -0.2) is 8.42 Å². The Balaban J connectivity index is 0.000000177. The molecule has 2 aromatic carbocycles. The Morgan fingerprint density at radius 1 is 1.17 bits per heavy atom. The highest BCUT2D eigenvalue weighted by atomic mass is 35.5. The molecule has 0 spiro atoms. The maximum atomic E-state index is 10.4. The highest BCUT2D eigenvalue weighted by molar-refractivity contribution is 8.00. The molecule has 0 aliphatic rings. The van der Waals surface area contributed by atoms with Crippen LogP contribution in [0.1, 0.15) is 5.56 Å². The highest BCUT2D eigenvalue weighted by Gasteiger charge is 2.15. The molecule has 4 nitrogen and oxygen atoms in total. The first-order valence-electron chi connectivity index (χ1n) is 6.87. The van der Waals surface area contributed by atoms with E-state index in [-0.39, 0.29) is 4.90 Å². The molecule has 3 rings (SSSR count). The highest BCUT2D eigenvalue weighted by Crippen LogP contribution is 2.27. The molecule has 0 saturated heterocycles. The summed E-state index contributed by atoms with van der Waals surface area (Å²) in [5, 5.41) is 0.800. The van der Waals surface area contributed by atoms with Gasteiger partial charge < -0.3 is 4.55 Å². The molecular formula is C16H16ClNO3S3. The lowest BCUT2D eigenvalue weighted by atomic mass is 10.2. The molecule has 0 bridgehead atoms. The summed E-state index contributed by atoms with van der Waals surface area (Å²) in [7, 11) is -2.20. The van der Waals surface area contributed by atoms with Gasteiger partial charge in [-0.05, 0) is 49.2 Å². The maximum Gasteiger partial charge on any atom is 0.297 e. The van der Waals surface area contributed by atoms with Crippen LogP contribution in [-0.4, -0.2) is 19.2 Å². The molecule has 3 aromatic rings. The van der Waals surface area contributed by atoms with Crippen LogP contribution in [0.4, 0.5) is 0 Å². The predicted octanol–water partition coefficient (Wildman–Crippen LogP) is 4.00. The normalized spacial score (nSPS) is 11.2. The average molecular weight is 402 g/mol. The van der Waals surface area contributed by atoms with E-state index >= 15 is 0 Å². The van der Waals surface area contributed by atoms with E-state index < -0.39 is 10.1 Å². The SMILES string of the molecule is CSc1sc2ccc(Cl)cc2[n+]1C.Cc1ccc(S(=O)(=O)[O-])cc1. The third-order valence-electron chi connectivity index (χ3n) is 3.24. The van der Waals surface area contributed by atoms with Gasteiger partial charge in [0, 0.05) is 11.1 Å². The van der Waals surface area contributed by atoms with Gasteiger partial charge in [-0.2, -0.15) is 4.57 Å². The second kappa shape index (κ2) is 7.84. The second-order valence-electron chi connectivity index (χ2n) is 5.01. The molecule has 1 aromatic heterocycles. The van der Waals surface area contributed by atoms with Crippen molar-refractivity contribution in [3.05, 3.63) is 53.1 Å². The molecule has 0 unspecified atom stereocenters. The largest absolute Gasteiger partial charge is 0.744 e. The Labute approximate surface area is 154 Å². The number of fused-ring (bicyclic) bond motifs is 1. The molecule has 0 aliphatic carbocycles. The number of aromatic nitrogens is 1. The van der Waals surface area contributed by atoms with Gasteiger partial charge in [-0.3, -0.25) is 0 Å². The topological polar surface area (TPSA) is 61.1 Å². The molecule has 1 heterocycles. The summed E-state index contributed by atoms with van der Waals surface area (Å²) in [4.78, 5) is -0.178. The van der Waals surface area contributed by atoms with E-state index in [1.807, 2.05) is 19.1 Å². The van der Waals surface area contributed by atoms with Crippen molar-refractivity contribution < 1.29 is 17.5 Å². The van der Waals surface area contributed by atoms with Crippen LogP contribution < -0.4 is 4.57 Å². The zero-order valence-corrected chi connectivity index (χ0v) is 16.5. The lowest BCUT2D eigenvalue weighted by molar-refractivity contribution is -0.676. The Morgan fingerprint density at radius 2 is 1.79 bits per heavy atom. The van der Waals surface area contributed by atoms with E-state index in [9.17, 15) is 13.0 Å². The molecule has 0 aliphatic heterocycles. The minimum absolute atomic E-state index is 0.178. The molecule has 0 N–H and O–H groups in total. The van der Waals surface area contributed by atoms with Crippen LogP contribution >= 0.6 is 34.7 Å². The molecule has 0 radical (unpaired) electrons. The Hall–Kier alpha value is -1.12. The summed E-state index contributed by atoms with van der Waals surface area (Å²) in [6.07, 6.45) is 2.09. The van der Waals surface area contributed by atoms with Gasteiger partial charge in [0.15, 0.2) is 0 Å². The molecular weight excluding hydrogens is 386 g/mol. The molecule has 0 amide bonds. The monoisotopic (exact) mass is 401 g/mol. The first-order chi connectivity index (χ1) is 11.2. The number of benzene rings is 2. The number of rotatable bonds is 2. The van der Waals surface area contributed by atoms with Crippen molar-refractivity contribution in [2.24, 2.45) is 7.05 Å². The number of nitrogens with zero attached hydrogens (tertiary/aromatic N) is 1. The number of hydrogen-bond donors (Lipinski definition) is 0. The summed E-state index contributed by atoms with van der Waals surface area (Å²) < 4.78 is 35.9. The lowest BCUT2D eigenvalue weighted by Crippen LogP contribution is -2.27. The van der Waals surface area contributed by atoms with Crippen molar-refractivity contribution in [2.45, 2.75) is 16.2 Å². The van der Waals surface area contributed by atoms with Crippen LogP contribution in [0.2, 0.25) is 5.02 Å². The molecule has 0 saturated carbocycles. The summed E-state index contributed by atoms with van der Waals surface area (Å²) in [5.41, 5.74) is 2.14. The zero-order chi connectivity index (χ0) is 17.9. The third kappa shape index (κ3) is 4.70. The molecule has 128 valence electrons. The number of halogens is 1. The summed E-state index contributed by atoms with van der Waals surface area (Å²) in [6.45, 7) is 1.82. The van der Waals surface area contributed by atoms with Crippen molar-refractivity contribution in [1.29, 1.82) is 0 Å². The van der Waals surface area contributed by atoms with Gasteiger partial charge in [-0.15, -0.1) is 0 Å². The van der Waals surface area contributed by atoms with Gasteiger partial charge in [0.1, 0.15) is 21.9 Å². The van der Waals surface area contributed by atoms with Crippen molar-refractivity contribution in [2.75, 3.05) is 6.26 Å². The molecule has 0 fully saturated rings. The van der Waals surface area contributed by atoms with Crippen molar-refractivity contribution in [3.8, 4) is 0 Å². The van der Waals surface area contributed by atoms with E-state index in [4.69, 9.17) is 11.6 Å². The number of hydrogen-bond acceptors (Lipinski definition) is 5. The Morgan fingerprint density at radius 3 is 2.33 bits per heavy atom. The van der Waals surface area contributed by atoms with Crippen LogP contribution in [-0.2, 0) is 17.2 Å². The standard InChI is InChI=1S/C9H9ClNS2.C7H8O3S/c1-11-7-5-6(10)3-4-8(7)13-9(11)12-2;1-6-2-4-7(5-3-6)11(8,9)10/h3-5H,1-2H3;2-5H,1H3,(H,8,9,10)/q+1;/p-1. The fourth-order valence-electron chi connectivity index (χ4n) is 1.98. The minimum Gasteiger partial charge on any atom is -0.744 e. The lowest BCUT2D eigenvalue weighted by Gasteiger charge is -2.05. The van der Waals surface area contributed by atoms with Crippen LogP contribution in [0.15, 0.2) is 51.7 Å². The maximum absolute atomic E-state index is 10.4.